The topological polar surface area (TPSA) is 0 Å². The first-order valence-electron chi connectivity index (χ1n) is 41.7. The van der Waals surface area contributed by atoms with Crippen molar-refractivity contribution in [3.63, 3.8) is 0 Å². The molecule has 12 aromatic carbocycles. The first kappa shape index (κ1) is 100. The average Bonchev–Trinajstić information content (AvgIpc) is 0.814. The zero-order valence-corrected chi connectivity index (χ0v) is 82.2. The fraction of sp³-hybridized carbons (Fsp3) is 0.222. The van der Waals surface area contributed by atoms with Crippen LogP contribution in [-0.4, -0.2) is 73.9 Å². The van der Waals surface area contributed by atoms with Gasteiger partial charge in [-0.25, -0.2) is 0 Å². The van der Waals surface area contributed by atoms with Crippen molar-refractivity contribution >= 4 is 93.3 Å². The molecule has 0 radical (unpaired) electrons. The van der Waals surface area contributed by atoms with E-state index in [2.05, 4.69) is 265 Å². The Morgan fingerprint density at radius 2 is 0.195 bits per heavy atom. The van der Waals surface area contributed by atoms with Gasteiger partial charge in [-0.05, 0) is 223 Å². The molecule has 6 aliphatic rings. The monoisotopic (exact) mass is 1790 g/mol. The maximum absolute atomic E-state index is 2.37. The van der Waals surface area contributed by atoms with Crippen molar-refractivity contribution in [2.45, 2.75) is 83.1 Å². The van der Waals surface area contributed by atoms with Crippen molar-refractivity contribution in [3.05, 3.63) is 467 Å². The van der Waals surface area contributed by atoms with Gasteiger partial charge in [-0.2, -0.15) is 0 Å². The van der Waals surface area contributed by atoms with Crippen LogP contribution in [0.25, 0.3) is 0 Å². The van der Waals surface area contributed by atoms with E-state index < -0.39 is 15.8 Å². The Morgan fingerprint density at radius 1 is 0.127 bits per heavy atom. The van der Waals surface area contributed by atoms with Gasteiger partial charge in [0, 0.05) is 33.0 Å². The fourth-order valence-electron chi connectivity index (χ4n) is 14.5. The molecule has 0 nitrogen and oxygen atoms in total. The average molecular weight is 1800 g/mol. The molecule has 0 unspecified atom stereocenters. The van der Waals surface area contributed by atoms with Crippen molar-refractivity contribution in [2.75, 3.05) is 73.9 Å². The summed E-state index contributed by atoms with van der Waals surface area (Å²) in [5.74, 6) is 0. The summed E-state index contributed by atoms with van der Waals surface area (Å²) in [6.07, 6.45) is 18.1. The van der Waals surface area contributed by atoms with Gasteiger partial charge in [-0.15, -0.1) is 0 Å². The summed E-state index contributed by atoms with van der Waals surface area (Å²) in [6, 6.07) is 137. The molecule has 0 N–H and O–H groups in total. The molecule has 0 aromatic heterocycles. The summed E-state index contributed by atoms with van der Waals surface area (Å²) in [4.78, 5) is 0. The van der Waals surface area contributed by atoms with Crippen LogP contribution in [0.4, 0.5) is 0 Å². The molecular weight excluding hydrogens is 1660 g/mol. The minimum absolute atomic E-state index is 0. The van der Waals surface area contributed by atoms with Gasteiger partial charge in [0.1, 0.15) is 151 Å². The molecule has 6 aliphatic heterocycles. The smallest absolute Gasteiger partial charge is 0.0623 e. The zero-order chi connectivity index (χ0) is 82.2. The standard InChI is InChI=1S/2C18H15P.3C12H22P2.6C6H6.2Ni/c2*1-4-10-16(11-5-1)19(17-12-6-2-7-13-17)18-14-8-3-9-15-18;3*1-9-5-13-7-11(3)12(4)8-14(13)6-10(9)2;6*1-2-4-6-5-3-1;;/h2*1-15H;3*13-14H,5-8H2,1-4H3;6*1-6H;;/q;;3*+2;;;;;;;;/p+2. The van der Waals surface area contributed by atoms with Crippen LogP contribution in [0.15, 0.2) is 467 Å². The van der Waals surface area contributed by atoms with Crippen molar-refractivity contribution < 1.29 is 33.0 Å². The fourth-order valence-corrected chi connectivity index (χ4v) is 53.2. The Morgan fingerprint density at radius 3 is 0.271 bits per heavy atom. The van der Waals surface area contributed by atoms with Crippen LogP contribution in [0.2, 0.25) is 0 Å². The van der Waals surface area contributed by atoms with E-state index >= 15 is 0 Å². The molecule has 10 heteroatoms. The molecular formula is C108H134Ni2P8+8. The second-order valence-electron chi connectivity index (χ2n) is 31.0. The first-order chi connectivity index (χ1) is 56.6. The molecule has 18 rings (SSSR count). The third-order valence-electron chi connectivity index (χ3n) is 22.0. The Bertz CT molecular complexity index is 3750. The van der Waals surface area contributed by atoms with Crippen molar-refractivity contribution in [1.82, 2.24) is 0 Å². The largest absolute Gasteiger partial charge is 0.129 e. The third-order valence-corrected chi connectivity index (χ3v) is 57.3. The van der Waals surface area contributed by atoms with E-state index in [-0.39, 0.29) is 78.6 Å². The maximum Gasteiger partial charge on any atom is 0.129 e. The second kappa shape index (κ2) is 59.3. The molecule has 118 heavy (non-hydrogen) atoms. The van der Waals surface area contributed by atoms with Crippen LogP contribution in [0.3, 0.4) is 0 Å². The van der Waals surface area contributed by atoms with Crippen molar-refractivity contribution in [2.24, 2.45) is 0 Å². The zero-order valence-electron chi connectivity index (χ0n) is 72.2. The number of hydrogen-bond acceptors (Lipinski definition) is 0. The van der Waals surface area contributed by atoms with E-state index in [4.69, 9.17) is 0 Å². The molecule has 0 saturated carbocycles. The van der Waals surface area contributed by atoms with E-state index in [1.807, 2.05) is 218 Å². The van der Waals surface area contributed by atoms with E-state index in [0.29, 0.717) is 0 Å². The molecule has 618 valence electrons. The molecule has 0 atom stereocenters. The van der Waals surface area contributed by atoms with Crippen LogP contribution in [0, 0.1) is 0 Å². The third kappa shape index (κ3) is 37.5. The van der Waals surface area contributed by atoms with Gasteiger partial charge in [0.05, 0.1) is 15.8 Å². The summed E-state index contributed by atoms with van der Waals surface area (Å²) in [5.41, 5.74) is 20.8. The number of benzene rings is 12. The molecule has 6 heterocycles. The van der Waals surface area contributed by atoms with Gasteiger partial charge >= 0.3 is 0 Å². The van der Waals surface area contributed by atoms with E-state index in [1.54, 1.807) is 66.9 Å². The molecule has 0 aliphatic carbocycles. The summed E-state index contributed by atoms with van der Waals surface area (Å²) < 4.78 is 0. The summed E-state index contributed by atoms with van der Waals surface area (Å²) >= 11 is 0. The van der Waals surface area contributed by atoms with Crippen molar-refractivity contribution in [1.29, 1.82) is 0 Å². The van der Waals surface area contributed by atoms with Crippen molar-refractivity contribution in [3.8, 4) is 0 Å². The molecule has 0 spiro atoms. The van der Waals surface area contributed by atoms with E-state index in [0.717, 1.165) is 0 Å². The minimum Gasteiger partial charge on any atom is -0.0623 e. The van der Waals surface area contributed by atoms with Gasteiger partial charge in [0.25, 0.3) is 0 Å². The Labute approximate surface area is 744 Å². The molecule has 0 saturated heterocycles. The number of hydrogen-bond donors (Lipinski definition) is 0. The van der Waals surface area contributed by atoms with Gasteiger partial charge in [0.15, 0.2) is 0 Å². The normalized spacial score (nSPS) is 17.7. The van der Waals surface area contributed by atoms with Gasteiger partial charge < -0.3 is 0 Å². The van der Waals surface area contributed by atoms with Gasteiger partial charge in [0.2, 0.25) is 0 Å². The Hall–Kier alpha value is -6.49. The van der Waals surface area contributed by atoms with Gasteiger partial charge in [-0.1, -0.05) is 328 Å². The number of rotatable bonds is 6. The Kier molecular flexibility index (Phi) is 50.4. The minimum atomic E-state index is -0.877. The molecule has 12 aromatic rings. The van der Waals surface area contributed by atoms with Crippen LogP contribution < -0.4 is 31.8 Å². The summed E-state index contributed by atoms with van der Waals surface area (Å²) in [5, 5.41) is 8.61. The number of allylic oxidation sites excluding steroid dienone is 12. The van der Waals surface area contributed by atoms with Gasteiger partial charge in [-0.3, -0.25) is 0 Å². The van der Waals surface area contributed by atoms with Crippen LogP contribution in [0.5, 0.6) is 0 Å². The summed E-state index contributed by atoms with van der Waals surface area (Å²) in [6.45, 7) is 28.4. The molecule has 0 bridgehead atoms. The predicted octanol–water partition coefficient (Wildman–Crippen LogP) is 28.6. The SMILES string of the molecule is CC1=C(C)C[PH+]2CC(C)=C(C)C[PH+]2C1.CC1=C(C)C[PH+]2CC(C)=C(C)C[PH+]2C1.CC1=C(C)C[PH+]2CC(C)=C(C)C[PH+]2C1.[Ni].[Ni].c1ccc([PH+](c2ccccc2)c2ccccc2)cc1.c1ccc([PH+](c2ccccc2)c2ccccc2)cc1.c1ccccc1.c1ccccc1.c1ccccc1.c1ccccc1.c1ccccc1.c1ccccc1. The van der Waals surface area contributed by atoms with E-state index in [1.165, 1.54) is 106 Å². The maximum atomic E-state index is 2.37. The molecule has 0 fully saturated rings. The van der Waals surface area contributed by atoms with Crippen LogP contribution in [-0.2, 0) is 33.0 Å². The van der Waals surface area contributed by atoms with Crippen LogP contribution in [0.1, 0.15) is 83.1 Å². The van der Waals surface area contributed by atoms with Crippen LogP contribution >= 0.6 is 61.5 Å². The second-order valence-corrected chi connectivity index (χ2v) is 60.2. The summed E-state index contributed by atoms with van der Waals surface area (Å²) in [7, 11) is -1.55. The van der Waals surface area contributed by atoms with E-state index in [9.17, 15) is 0 Å². The molecule has 0 amide bonds. The quantitative estimate of drug-likeness (QED) is 0.0884. The Balaban J connectivity index is 0.000000207. The predicted molar refractivity (Wildman–Crippen MR) is 550 cm³/mol. The number of fused-ring (bicyclic) bond motifs is 3. The first-order valence-corrected chi connectivity index (χ1v) is 59.2.